The molecule has 0 saturated carbocycles. The zero-order valence-electron chi connectivity index (χ0n) is 17.4. The molecule has 0 spiro atoms. The minimum Gasteiger partial charge on any atom is -0.454 e. The highest BCUT2D eigenvalue weighted by molar-refractivity contribution is 8.00. The van der Waals surface area contributed by atoms with Crippen molar-refractivity contribution in [2.75, 3.05) is 12.1 Å². The number of nitrogens with zero attached hydrogens (tertiary/aromatic N) is 4. The molecule has 0 unspecified atom stereocenters. The molecule has 1 N–H and O–H groups in total. The number of thiophene rings is 1. The van der Waals surface area contributed by atoms with Gasteiger partial charge in [0.25, 0.3) is 0 Å². The van der Waals surface area contributed by atoms with Crippen LogP contribution in [0.3, 0.4) is 0 Å². The monoisotopic (exact) mass is 475 g/mol. The topological polar surface area (TPSA) is 102 Å². The third-order valence-electron chi connectivity index (χ3n) is 4.95. The number of para-hydroxylation sites is 1. The number of aromatic nitrogens is 3. The molecule has 2 aromatic heterocycles. The number of benzene rings is 2. The summed E-state index contributed by atoms with van der Waals surface area (Å²) in [6.07, 6.45) is 0. The van der Waals surface area contributed by atoms with Gasteiger partial charge in [-0.3, -0.25) is 9.36 Å². The van der Waals surface area contributed by atoms with Gasteiger partial charge in [0.1, 0.15) is 11.1 Å². The predicted octanol–water partition coefficient (Wildman–Crippen LogP) is 4.72. The lowest BCUT2D eigenvalue weighted by Crippen LogP contribution is -2.22. The lowest BCUT2D eigenvalue weighted by atomic mass is 10.2. The molecule has 10 heteroatoms. The molecule has 0 radical (unpaired) electrons. The second-order valence-electron chi connectivity index (χ2n) is 7.07. The predicted molar refractivity (Wildman–Crippen MR) is 126 cm³/mol. The van der Waals surface area contributed by atoms with E-state index in [4.69, 9.17) is 9.47 Å². The van der Waals surface area contributed by atoms with Crippen molar-refractivity contribution < 1.29 is 14.3 Å². The van der Waals surface area contributed by atoms with Gasteiger partial charge in [0.2, 0.25) is 12.7 Å². The molecule has 8 nitrogen and oxygen atoms in total. The van der Waals surface area contributed by atoms with Crippen LogP contribution in [0.15, 0.2) is 65.1 Å². The number of nitriles is 1. The molecule has 5 rings (SSSR count). The Kier molecular flexibility index (Phi) is 5.73. The van der Waals surface area contributed by atoms with Gasteiger partial charge in [0.05, 0.1) is 10.8 Å². The molecule has 0 saturated heterocycles. The summed E-state index contributed by atoms with van der Waals surface area (Å²) >= 11 is 2.61. The maximum atomic E-state index is 12.8. The Morgan fingerprint density at radius 1 is 1.18 bits per heavy atom. The van der Waals surface area contributed by atoms with E-state index < -0.39 is 5.25 Å². The average Bonchev–Trinajstić information content (AvgIpc) is 3.58. The molecule has 0 aliphatic carbocycles. The Morgan fingerprint density at radius 3 is 2.82 bits per heavy atom. The Balaban J connectivity index is 1.46. The van der Waals surface area contributed by atoms with E-state index in [0.29, 0.717) is 33.0 Å². The van der Waals surface area contributed by atoms with Crippen LogP contribution in [0, 0.1) is 11.3 Å². The van der Waals surface area contributed by atoms with Crippen LogP contribution in [-0.2, 0) is 4.79 Å². The molecule has 33 heavy (non-hydrogen) atoms. The number of thioether (sulfide) groups is 1. The van der Waals surface area contributed by atoms with Crippen LogP contribution in [0.2, 0.25) is 0 Å². The highest BCUT2D eigenvalue weighted by Crippen LogP contribution is 2.37. The summed E-state index contributed by atoms with van der Waals surface area (Å²) in [5.41, 5.74) is 2.13. The number of ether oxygens (including phenoxy) is 2. The maximum absolute atomic E-state index is 12.8. The first kappa shape index (κ1) is 21.1. The molecule has 0 bridgehead atoms. The van der Waals surface area contributed by atoms with Crippen molar-refractivity contribution in [3.63, 3.8) is 0 Å². The second kappa shape index (κ2) is 8.97. The first-order valence-corrected chi connectivity index (χ1v) is 11.8. The fourth-order valence-electron chi connectivity index (χ4n) is 3.30. The first-order chi connectivity index (χ1) is 16.1. The minimum absolute atomic E-state index is 0.190. The quantitative estimate of drug-likeness (QED) is 0.403. The number of amides is 1. The lowest BCUT2D eigenvalue weighted by molar-refractivity contribution is -0.115. The molecule has 1 aliphatic heterocycles. The van der Waals surface area contributed by atoms with E-state index in [9.17, 15) is 10.1 Å². The zero-order valence-corrected chi connectivity index (χ0v) is 19.0. The number of carbonyl (C=O) groups excluding carboxylic acids is 1. The Hall–Kier alpha value is -3.81. The summed E-state index contributed by atoms with van der Waals surface area (Å²) in [7, 11) is 0. The van der Waals surface area contributed by atoms with E-state index >= 15 is 0 Å². The van der Waals surface area contributed by atoms with Gasteiger partial charge in [-0.1, -0.05) is 30.0 Å². The van der Waals surface area contributed by atoms with Gasteiger partial charge >= 0.3 is 0 Å². The SMILES string of the molecule is C[C@@H](Sc1nnc(-c2ccc3c(c2)OCO3)n1-c1ccccc1)C(=O)Nc1sccc1C#N. The summed E-state index contributed by atoms with van der Waals surface area (Å²) in [4.78, 5) is 12.8. The van der Waals surface area contributed by atoms with Crippen molar-refractivity contribution in [1.29, 1.82) is 5.26 Å². The van der Waals surface area contributed by atoms with E-state index in [0.717, 1.165) is 11.3 Å². The van der Waals surface area contributed by atoms with E-state index in [1.807, 2.05) is 53.1 Å². The largest absolute Gasteiger partial charge is 0.454 e. The van der Waals surface area contributed by atoms with Crippen molar-refractivity contribution in [1.82, 2.24) is 14.8 Å². The van der Waals surface area contributed by atoms with Crippen molar-refractivity contribution in [3.8, 4) is 34.6 Å². The Morgan fingerprint density at radius 2 is 2.00 bits per heavy atom. The number of nitrogens with one attached hydrogen (secondary N) is 1. The number of hydrogen-bond donors (Lipinski definition) is 1. The van der Waals surface area contributed by atoms with E-state index in [2.05, 4.69) is 21.6 Å². The number of rotatable bonds is 6. The summed E-state index contributed by atoms with van der Waals surface area (Å²) in [5, 5.41) is 23.3. The summed E-state index contributed by atoms with van der Waals surface area (Å²) in [5.74, 6) is 1.75. The molecule has 2 aromatic carbocycles. The number of anilines is 1. The molecular weight excluding hydrogens is 458 g/mol. The van der Waals surface area contributed by atoms with Crippen LogP contribution < -0.4 is 14.8 Å². The number of fused-ring (bicyclic) bond motifs is 1. The van der Waals surface area contributed by atoms with Crippen LogP contribution in [0.4, 0.5) is 5.00 Å². The van der Waals surface area contributed by atoms with Crippen LogP contribution in [0.5, 0.6) is 11.5 Å². The van der Waals surface area contributed by atoms with Crippen molar-refractivity contribution in [2.24, 2.45) is 0 Å². The van der Waals surface area contributed by atoms with Gasteiger partial charge in [-0.25, -0.2) is 0 Å². The summed E-state index contributed by atoms with van der Waals surface area (Å²) in [6, 6.07) is 19.1. The zero-order chi connectivity index (χ0) is 22.8. The molecule has 1 aliphatic rings. The first-order valence-electron chi connectivity index (χ1n) is 10.00. The highest BCUT2D eigenvalue weighted by Gasteiger charge is 2.24. The van der Waals surface area contributed by atoms with Gasteiger partial charge in [-0.15, -0.1) is 21.5 Å². The Labute approximate surface area is 197 Å². The molecule has 164 valence electrons. The van der Waals surface area contributed by atoms with Gasteiger partial charge in [-0.05, 0) is 48.7 Å². The van der Waals surface area contributed by atoms with Crippen molar-refractivity contribution in [3.05, 3.63) is 65.5 Å². The molecule has 0 fully saturated rings. The van der Waals surface area contributed by atoms with Crippen LogP contribution in [0.1, 0.15) is 12.5 Å². The van der Waals surface area contributed by atoms with Crippen LogP contribution in [-0.4, -0.2) is 32.7 Å². The van der Waals surface area contributed by atoms with Crippen LogP contribution >= 0.6 is 23.1 Å². The van der Waals surface area contributed by atoms with Gasteiger partial charge in [0.15, 0.2) is 22.5 Å². The fourth-order valence-corrected chi connectivity index (χ4v) is 4.91. The smallest absolute Gasteiger partial charge is 0.238 e. The minimum atomic E-state index is -0.477. The number of carbonyl (C=O) groups is 1. The standard InChI is InChI=1S/C23H17N5O3S2/c1-14(21(29)25-22-16(12-24)9-10-32-22)33-23-27-26-20(28(23)17-5-3-2-4-6-17)15-7-8-18-19(11-15)31-13-30-18/h2-11,14H,13H2,1H3,(H,25,29)/t14-/m1/s1. The van der Waals surface area contributed by atoms with Gasteiger partial charge < -0.3 is 14.8 Å². The molecular formula is C23H17N5O3S2. The second-order valence-corrected chi connectivity index (χ2v) is 9.29. The summed E-state index contributed by atoms with van der Waals surface area (Å²) < 4.78 is 12.8. The van der Waals surface area contributed by atoms with Crippen molar-refractivity contribution in [2.45, 2.75) is 17.3 Å². The highest BCUT2D eigenvalue weighted by atomic mass is 32.2. The van der Waals surface area contributed by atoms with Gasteiger partial charge in [0, 0.05) is 11.3 Å². The molecule has 1 atom stereocenters. The molecule has 1 amide bonds. The molecule has 4 aromatic rings. The van der Waals surface area contributed by atoms with Crippen LogP contribution in [0.25, 0.3) is 17.1 Å². The third-order valence-corrected chi connectivity index (χ3v) is 6.82. The third kappa shape index (κ3) is 4.16. The summed E-state index contributed by atoms with van der Waals surface area (Å²) in [6.45, 7) is 1.99. The van der Waals surface area contributed by atoms with Crippen molar-refractivity contribution >= 4 is 34.0 Å². The molecule has 3 heterocycles. The van der Waals surface area contributed by atoms with E-state index in [-0.39, 0.29) is 12.7 Å². The Bertz CT molecular complexity index is 1360. The van der Waals surface area contributed by atoms with E-state index in [1.54, 1.807) is 18.4 Å². The van der Waals surface area contributed by atoms with E-state index in [1.165, 1.54) is 23.1 Å². The normalized spacial score (nSPS) is 12.8. The maximum Gasteiger partial charge on any atom is 0.238 e. The van der Waals surface area contributed by atoms with Gasteiger partial charge in [-0.2, -0.15) is 5.26 Å². The average molecular weight is 476 g/mol. The number of hydrogen-bond acceptors (Lipinski definition) is 8. The fraction of sp³-hybridized carbons (Fsp3) is 0.130. The lowest BCUT2D eigenvalue weighted by Gasteiger charge is -2.14.